The number of alkyl halides is 3. The number of hydrogen-bond acceptors (Lipinski definition) is 9. The number of hydrogen-bond donors (Lipinski definition) is 2. The van der Waals surface area contributed by atoms with Crippen molar-refractivity contribution in [1.29, 1.82) is 0 Å². The van der Waals surface area contributed by atoms with Crippen LogP contribution in [0.4, 0.5) is 49.9 Å². The molecule has 0 bridgehead atoms. The Balaban J connectivity index is 1.65. The molecular formula is C34H32F5N7O5. The van der Waals surface area contributed by atoms with Gasteiger partial charge in [-0.3, -0.25) is 4.79 Å². The summed E-state index contributed by atoms with van der Waals surface area (Å²) >= 11 is 0. The number of anilines is 4. The fourth-order valence-electron chi connectivity index (χ4n) is 5.08. The zero-order valence-corrected chi connectivity index (χ0v) is 27.8. The van der Waals surface area contributed by atoms with Crippen LogP contribution < -0.4 is 25.3 Å². The van der Waals surface area contributed by atoms with Crippen molar-refractivity contribution in [2.45, 2.75) is 26.6 Å². The fourth-order valence-corrected chi connectivity index (χ4v) is 5.08. The Morgan fingerprint density at radius 1 is 1.02 bits per heavy atom. The van der Waals surface area contributed by atoms with Crippen molar-refractivity contribution in [3.05, 3.63) is 89.0 Å². The molecule has 2 N–H and O–H groups in total. The van der Waals surface area contributed by atoms with E-state index in [1.165, 1.54) is 42.5 Å². The van der Waals surface area contributed by atoms with Crippen molar-refractivity contribution >= 4 is 41.0 Å². The highest BCUT2D eigenvalue weighted by atomic mass is 19.4. The maximum atomic E-state index is 15.1. The third-order valence-electron chi connectivity index (χ3n) is 7.53. The first kappa shape index (κ1) is 36.4. The van der Waals surface area contributed by atoms with Crippen molar-refractivity contribution in [3.8, 4) is 17.0 Å². The second-order valence-electron chi connectivity index (χ2n) is 11.4. The molecule has 1 aliphatic rings. The van der Waals surface area contributed by atoms with Crippen molar-refractivity contribution < 1.29 is 45.9 Å². The first-order chi connectivity index (χ1) is 24.2. The molecule has 0 saturated carbocycles. The molecule has 0 saturated heterocycles. The van der Waals surface area contributed by atoms with Gasteiger partial charge in [-0.1, -0.05) is 12.1 Å². The number of nitrogens with zero attached hydrogens (tertiary/aromatic N) is 5. The molecule has 12 nitrogen and oxygen atoms in total. The largest absolute Gasteiger partial charge is 0.494 e. The Kier molecular flexibility index (Phi) is 10.7. The molecule has 17 heteroatoms. The molecule has 5 rings (SSSR count). The van der Waals surface area contributed by atoms with Gasteiger partial charge in [0.1, 0.15) is 23.1 Å². The van der Waals surface area contributed by atoms with E-state index in [1.807, 2.05) is 19.0 Å². The molecule has 0 unspecified atom stereocenters. The van der Waals surface area contributed by atoms with Crippen LogP contribution in [0.25, 0.3) is 11.3 Å². The maximum absolute atomic E-state index is 15.1. The van der Waals surface area contributed by atoms with Crippen molar-refractivity contribution in [3.63, 3.8) is 0 Å². The number of fused-ring (bicyclic) bond motifs is 1. The summed E-state index contributed by atoms with van der Waals surface area (Å²) in [7, 11) is 3.67. The number of carbonyl (C=O) groups is 3. The summed E-state index contributed by atoms with van der Waals surface area (Å²) in [4.78, 5) is 55.3. The van der Waals surface area contributed by atoms with Crippen LogP contribution in [-0.2, 0) is 16.2 Å². The van der Waals surface area contributed by atoms with E-state index in [1.54, 1.807) is 13.8 Å². The van der Waals surface area contributed by atoms with Crippen LogP contribution in [0.2, 0.25) is 0 Å². The quantitative estimate of drug-likeness (QED) is 0.147. The highest BCUT2D eigenvalue weighted by Crippen LogP contribution is 2.39. The zero-order valence-electron chi connectivity index (χ0n) is 27.8. The average molecular weight is 714 g/mol. The standard InChI is InChI=1S/C34H32F5N7O5/c1-5-50-22-13-11-21(12-14-22)46(51-31(48)34(37,38)39)30(47)20-10-9-19(2)23(17-20)27-24-18-41-33(49)45(28-25(35)7-6-8-26(28)36)29(24)43-32(42-27)40-15-16-44(3)4/h6-14,17H,5,15-16,18H2,1-4H3,(H,41,49)(H,40,42,43). The van der Waals surface area contributed by atoms with Gasteiger partial charge in [-0.25, -0.2) is 28.3 Å². The lowest BCUT2D eigenvalue weighted by Crippen LogP contribution is -2.43. The van der Waals surface area contributed by atoms with Gasteiger partial charge in [0.15, 0.2) is 5.82 Å². The summed E-state index contributed by atoms with van der Waals surface area (Å²) < 4.78 is 75.5. The molecule has 0 fully saturated rings. The van der Waals surface area contributed by atoms with Crippen molar-refractivity contribution in [2.75, 3.05) is 49.1 Å². The Bertz CT molecular complexity index is 1940. The minimum atomic E-state index is -5.42. The highest BCUT2D eigenvalue weighted by molar-refractivity contribution is 6.07. The molecule has 0 aliphatic carbocycles. The Hall–Kier alpha value is -5.84. The van der Waals surface area contributed by atoms with E-state index in [0.717, 1.165) is 23.1 Å². The van der Waals surface area contributed by atoms with E-state index in [9.17, 15) is 27.6 Å². The van der Waals surface area contributed by atoms with E-state index in [4.69, 9.17) is 4.74 Å². The van der Waals surface area contributed by atoms with Crippen LogP contribution >= 0.6 is 0 Å². The van der Waals surface area contributed by atoms with E-state index >= 15 is 8.78 Å². The van der Waals surface area contributed by atoms with Gasteiger partial charge in [-0.15, -0.1) is 5.06 Å². The molecule has 51 heavy (non-hydrogen) atoms. The van der Waals surface area contributed by atoms with Gasteiger partial charge < -0.3 is 25.1 Å². The summed E-state index contributed by atoms with van der Waals surface area (Å²) in [5.41, 5.74) is 0.0290. The minimum Gasteiger partial charge on any atom is -0.494 e. The summed E-state index contributed by atoms with van der Waals surface area (Å²) in [6.07, 6.45) is -5.42. The Morgan fingerprint density at radius 3 is 2.33 bits per heavy atom. The molecular weight excluding hydrogens is 681 g/mol. The van der Waals surface area contributed by atoms with Crippen molar-refractivity contribution in [1.82, 2.24) is 20.2 Å². The van der Waals surface area contributed by atoms with Crippen LogP contribution in [0, 0.1) is 18.6 Å². The lowest BCUT2D eigenvalue weighted by molar-refractivity contribution is -0.199. The van der Waals surface area contributed by atoms with Gasteiger partial charge in [0.25, 0.3) is 5.91 Å². The Labute approximate surface area is 288 Å². The van der Waals surface area contributed by atoms with Crippen LogP contribution in [0.15, 0.2) is 60.7 Å². The van der Waals surface area contributed by atoms with E-state index < -0.39 is 41.4 Å². The molecule has 0 radical (unpaired) electrons. The number of aryl methyl sites for hydroxylation is 1. The number of carbonyl (C=O) groups excluding carboxylic acids is 3. The van der Waals surface area contributed by atoms with Crippen LogP contribution in [0.3, 0.4) is 0 Å². The average Bonchev–Trinajstić information content (AvgIpc) is 3.07. The third kappa shape index (κ3) is 7.98. The molecule has 1 aromatic heterocycles. The van der Waals surface area contributed by atoms with Crippen LogP contribution in [0.5, 0.6) is 5.75 Å². The summed E-state index contributed by atoms with van der Waals surface area (Å²) in [6, 6.07) is 11.6. The van der Waals surface area contributed by atoms with Gasteiger partial charge in [-0.05, 0) is 82.0 Å². The second-order valence-corrected chi connectivity index (χ2v) is 11.4. The molecule has 1 aliphatic heterocycles. The summed E-state index contributed by atoms with van der Waals surface area (Å²) in [5, 5.41) is 5.83. The lowest BCUT2D eigenvalue weighted by atomic mass is 9.97. The predicted octanol–water partition coefficient (Wildman–Crippen LogP) is 6.13. The number of urea groups is 1. The lowest BCUT2D eigenvalue weighted by Gasteiger charge is -2.31. The molecule has 0 atom stereocenters. The minimum absolute atomic E-state index is 0.0201. The van der Waals surface area contributed by atoms with Gasteiger partial charge in [0, 0.05) is 29.8 Å². The van der Waals surface area contributed by atoms with Gasteiger partial charge >= 0.3 is 18.2 Å². The number of likely N-dealkylation sites (N-methyl/N-ethyl adjacent to an activating group) is 1. The van der Waals surface area contributed by atoms with Crippen LogP contribution in [-0.4, -0.2) is 72.7 Å². The first-order valence-electron chi connectivity index (χ1n) is 15.5. The monoisotopic (exact) mass is 713 g/mol. The van der Waals surface area contributed by atoms with Crippen molar-refractivity contribution in [2.24, 2.45) is 0 Å². The fraction of sp³-hybridized carbons (Fsp3) is 0.265. The zero-order chi connectivity index (χ0) is 37.0. The molecule has 4 aromatic rings. The molecule has 3 amide bonds. The number of halogens is 5. The predicted molar refractivity (Wildman–Crippen MR) is 177 cm³/mol. The highest BCUT2D eigenvalue weighted by Gasteiger charge is 2.44. The topological polar surface area (TPSA) is 129 Å². The maximum Gasteiger partial charge on any atom is 0.493 e. The number of hydroxylamine groups is 1. The van der Waals surface area contributed by atoms with E-state index in [-0.39, 0.29) is 51.4 Å². The van der Waals surface area contributed by atoms with Gasteiger partial charge in [0.2, 0.25) is 5.95 Å². The number of benzene rings is 3. The number of para-hydroxylation sites is 1. The second kappa shape index (κ2) is 15.0. The molecule has 0 spiro atoms. The number of ether oxygens (including phenoxy) is 1. The normalized spacial score (nSPS) is 12.7. The number of aromatic nitrogens is 2. The molecule has 2 heterocycles. The number of amides is 3. The third-order valence-corrected chi connectivity index (χ3v) is 7.53. The Morgan fingerprint density at radius 2 is 1.71 bits per heavy atom. The van der Waals surface area contributed by atoms with Crippen LogP contribution in [0.1, 0.15) is 28.4 Å². The van der Waals surface area contributed by atoms with E-state index in [0.29, 0.717) is 31.0 Å². The SMILES string of the molecule is CCOc1ccc(N(OC(=O)C(F)(F)F)C(=O)c2ccc(C)c(-c3nc(NCCN(C)C)nc4c3CNC(=O)N4c3c(F)cccc3F)c2)cc1. The first-order valence-corrected chi connectivity index (χ1v) is 15.5. The number of rotatable bonds is 10. The van der Waals surface area contributed by atoms with E-state index in [2.05, 4.69) is 25.4 Å². The van der Waals surface area contributed by atoms with Gasteiger partial charge in [-0.2, -0.15) is 18.2 Å². The molecule has 268 valence electrons. The number of nitrogens with one attached hydrogen (secondary N) is 2. The summed E-state index contributed by atoms with van der Waals surface area (Å²) in [5.74, 6) is -5.66. The summed E-state index contributed by atoms with van der Waals surface area (Å²) in [6.45, 7) is 4.36. The van der Waals surface area contributed by atoms with Gasteiger partial charge in [0.05, 0.1) is 24.5 Å². The molecule has 3 aromatic carbocycles. The smallest absolute Gasteiger partial charge is 0.493 e.